The van der Waals surface area contributed by atoms with E-state index >= 15 is 0 Å². The van der Waals surface area contributed by atoms with Gasteiger partial charge in [0.2, 0.25) is 23.4 Å². The van der Waals surface area contributed by atoms with Gasteiger partial charge in [0.15, 0.2) is 0 Å². The molecule has 0 saturated carbocycles. The molecular weight excluding hydrogens is 1120 g/mol. The highest BCUT2D eigenvalue weighted by Gasteiger charge is 2.56. The Bertz CT molecular complexity index is 1910. The van der Waals surface area contributed by atoms with E-state index in [1.807, 2.05) is 37.5 Å². The number of amides is 4. The van der Waals surface area contributed by atoms with Crippen LogP contribution in [-0.2, 0) is 23.9 Å². The third-order valence-corrected chi connectivity index (χ3v) is 18.7. The highest BCUT2D eigenvalue weighted by Crippen LogP contribution is 2.41. The molecule has 0 aliphatic carbocycles. The van der Waals surface area contributed by atoms with Crippen LogP contribution in [0.4, 0.5) is 4.79 Å². The van der Waals surface area contributed by atoms with Crippen LogP contribution in [0.1, 0.15) is 281 Å². The maximum Gasteiger partial charge on any atom is 0.410 e. The summed E-state index contributed by atoms with van der Waals surface area (Å²) in [4.78, 5) is 82.9. The van der Waals surface area contributed by atoms with Crippen LogP contribution in [0, 0.1) is 11.3 Å². The summed E-state index contributed by atoms with van der Waals surface area (Å²) >= 11 is 0. The van der Waals surface area contributed by atoms with Gasteiger partial charge in [-0.05, 0) is 103 Å². The lowest BCUT2D eigenvalue weighted by molar-refractivity contribution is -0.229. The topological polar surface area (TPSA) is 150 Å². The van der Waals surface area contributed by atoms with Gasteiger partial charge in [-0.1, -0.05) is 234 Å². The Morgan fingerprint density at radius 2 is 0.833 bits per heavy atom. The summed E-state index contributed by atoms with van der Waals surface area (Å²) in [5.41, 5.74) is -2.35. The molecule has 90 heavy (non-hydrogen) atoms. The SMILES string of the molecule is CCCCC/C=C\CCN(CC/C=C\CCCCC)CCN(CC/C=C\CCCCC)CC(=O)N1CCN(C(=O)CN(CCCCCCCCC)CCCCCCC(C)C(=O)OC2(C(C)(C)C)CN(C(=O)CNCCCCCCCCC)CCN2C(=O)O)CC1. The molecule has 0 aromatic carbocycles. The molecule has 522 valence electrons. The predicted octanol–water partition coefficient (Wildman–Crippen LogP) is 15.9. The van der Waals surface area contributed by atoms with E-state index in [9.17, 15) is 29.1 Å². The Morgan fingerprint density at radius 1 is 0.456 bits per heavy atom. The van der Waals surface area contributed by atoms with Crippen LogP contribution < -0.4 is 5.32 Å². The maximum absolute atomic E-state index is 14.2. The number of nitrogens with one attached hydrogen (secondary N) is 1. The van der Waals surface area contributed by atoms with Crippen LogP contribution in [0.3, 0.4) is 0 Å². The van der Waals surface area contributed by atoms with E-state index in [2.05, 4.69) is 91.1 Å². The Hall–Kier alpha value is -3.79. The quantitative estimate of drug-likeness (QED) is 0.0340. The smallest absolute Gasteiger partial charge is 0.410 e. The highest BCUT2D eigenvalue weighted by molar-refractivity contribution is 5.81. The van der Waals surface area contributed by atoms with Crippen molar-refractivity contribution in [3.05, 3.63) is 36.5 Å². The molecule has 2 unspecified atom stereocenters. The summed E-state index contributed by atoms with van der Waals surface area (Å²) < 4.78 is 6.37. The normalized spacial score (nSPS) is 16.4. The molecule has 2 N–H and O–H groups in total. The van der Waals surface area contributed by atoms with Crippen molar-refractivity contribution in [3.8, 4) is 0 Å². The molecule has 2 saturated heterocycles. The Kier molecular flexibility index (Phi) is 48.1. The number of esters is 1. The van der Waals surface area contributed by atoms with Gasteiger partial charge in [0.1, 0.15) is 0 Å². The highest BCUT2D eigenvalue weighted by atomic mass is 16.6. The molecule has 15 heteroatoms. The number of carboxylic acid groups (broad SMARTS) is 1. The number of rotatable bonds is 55. The second-order valence-electron chi connectivity index (χ2n) is 27.7. The standard InChI is InChI=1S/C75H140N8O7/c1-10-15-20-25-30-36-43-50-76-64-69(84)82-62-63-83(73(88)89)75(67-82,74(7,8)9)90-72(87)68(6)49-42-35-41-48-54-78(53-46-39-33-28-23-18-13-4)65-70(85)80-58-60-81(61-59-80)71(86)66-79(55-47-40-34-29-24-19-14-5)57-56-77(51-44-37-31-26-21-16-11-2)52-45-38-32-27-22-17-12-3/h31-32,34,37-38,40,68,76H,10-30,33,35-36,39,41-67H2,1-9H3,(H,88,89)/b37-31-,38-32-,40-34-. The fourth-order valence-electron chi connectivity index (χ4n) is 12.5. The van der Waals surface area contributed by atoms with Crippen LogP contribution in [-0.4, -0.2) is 193 Å². The molecule has 15 nitrogen and oxygen atoms in total. The Morgan fingerprint density at radius 3 is 1.29 bits per heavy atom. The van der Waals surface area contributed by atoms with Gasteiger partial charge in [0.05, 0.1) is 32.1 Å². The van der Waals surface area contributed by atoms with Crippen molar-refractivity contribution >= 4 is 29.8 Å². The molecule has 0 spiro atoms. The molecular formula is C75H140N8O7. The van der Waals surface area contributed by atoms with Crippen LogP contribution in [0.15, 0.2) is 36.5 Å². The number of carbonyl (C=O) groups excluding carboxylic acids is 4. The van der Waals surface area contributed by atoms with E-state index in [-0.39, 0.29) is 43.9 Å². The molecule has 2 fully saturated rings. The molecule has 2 rings (SSSR count). The summed E-state index contributed by atoms with van der Waals surface area (Å²) in [6.07, 6.45) is 51.8. The summed E-state index contributed by atoms with van der Waals surface area (Å²) in [6, 6.07) is 0. The van der Waals surface area contributed by atoms with Gasteiger partial charge in [-0.25, -0.2) is 4.79 Å². The molecule has 0 aromatic rings. The first-order valence-electron chi connectivity index (χ1n) is 37.5. The minimum Gasteiger partial charge on any atom is -0.465 e. The Balaban J connectivity index is 2.03. The van der Waals surface area contributed by atoms with Crippen molar-refractivity contribution in [1.82, 2.24) is 39.6 Å². The minimum absolute atomic E-state index is 0.0148. The number of nitrogens with zero attached hydrogens (tertiary/aromatic N) is 7. The third kappa shape index (κ3) is 37.2. The second-order valence-corrected chi connectivity index (χ2v) is 27.7. The molecule has 2 atom stereocenters. The van der Waals surface area contributed by atoms with Gasteiger partial charge in [-0.3, -0.25) is 33.9 Å². The van der Waals surface area contributed by atoms with Crippen molar-refractivity contribution in [1.29, 1.82) is 0 Å². The summed E-state index contributed by atoms with van der Waals surface area (Å²) in [6.45, 7) is 29.4. The van der Waals surface area contributed by atoms with Crippen LogP contribution >= 0.6 is 0 Å². The first-order valence-corrected chi connectivity index (χ1v) is 37.5. The van der Waals surface area contributed by atoms with Crippen molar-refractivity contribution in [2.75, 3.05) is 118 Å². The fourth-order valence-corrected chi connectivity index (χ4v) is 12.5. The largest absolute Gasteiger partial charge is 0.465 e. The van der Waals surface area contributed by atoms with E-state index < -0.39 is 29.1 Å². The lowest BCUT2D eigenvalue weighted by Crippen LogP contribution is -2.71. The summed E-state index contributed by atoms with van der Waals surface area (Å²) in [7, 11) is 0. The first-order chi connectivity index (χ1) is 43.6. The lowest BCUT2D eigenvalue weighted by Gasteiger charge is -2.54. The number of piperazine rings is 2. The minimum atomic E-state index is -1.54. The van der Waals surface area contributed by atoms with E-state index in [0.29, 0.717) is 45.7 Å². The Labute approximate surface area is 552 Å². The zero-order chi connectivity index (χ0) is 65.9. The first kappa shape index (κ1) is 82.3. The molecule has 2 aliphatic rings. The van der Waals surface area contributed by atoms with Gasteiger partial charge in [-0.2, -0.15) is 0 Å². The van der Waals surface area contributed by atoms with Crippen LogP contribution in [0.5, 0.6) is 0 Å². The molecule has 0 bridgehead atoms. The van der Waals surface area contributed by atoms with Crippen LogP contribution in [0.2, 0.25) is 0 Å². The molecule has 0 radical (unpaired) electrons. The van der Waals surface area contributed by atoms with E-state index in [1.54, 1.807) is 4.90 Å². The molecule has 4 amide bonds. The zero-order valence-electron chi connectivity index (χ0n) is 59.8. The average molecular weight is 1270 g/mol. The molecule has 0 aromatic heterocycles. The molecule has 2 aliphatic heterocycles. The second kappa shape index (κ2) is 52.6. The zero-order valence-corrected chi connectivity index (χ0v) is 59.8. The van der Waals surface area contributed by atoms with Crippen molar-refractivity contribution in [2.45, 2.75) is 286 Å². The average Bonchev–Trinajstić information content (AvgIpc) is 0.762. The summed E-state index contributed by atoms with van der Waals surface area (Å²) in [5, 5.41) is 13.8. The number of allylic oxidation sites excluding steroid dienone is 3. The number of carbonyl (C=O) groups is 5. The van der Waals surface area contributed by atoms with Gasteiger partial charge in [0.25, 0.3) is 0 Å². The van der Waals surface area contributed by atoms with Gasteiger partial charge in [0, 0.05) is 77.4 Å². The van der Waals surface area contributed by atoms with Crippen molar-refractivity contribution < 1.29 is 33.8 Å². The predicted molar refractivity (Wildman–Crippen MR) is 377 cm³/mol. The van der Waals surface area contributed by atoms with E-state index in [1.165, 1.54) is 127 Å². The van der Waals surface area contributed by atoms with E-state index in [4.69, 9.17) is 4.74 Å². The van der Waals surface area contributed by atoms with Gasteiger partial charge < -0.3 is 34.8 Å². The van der Waals surface area contributed by atoms with Crippen molar-refractivity contribution in [3.63, 3.8) is 0 Å². The lowest BCUT2D eigenvalue weighted by atomic mass is 9.79. The number of hydrogen-bond acceptors (Lipinski definition) is 10. The number of unbranched alkanes of at least 4 members (excludes halogenated alkanes) is 24. The monoisotopic (exact) mass is 1270 g/mol. The fraction of sp³-hybridized carbons (Fsp3) is 0.853. The number of hydrogen-bond donors (Lipinski definition) is 2. The van der Waals surface area contributed by atoms with Gasteiger partial charge >= 0.3 is 12.1 Å². The van der Waals surface area contributed by atoms with Crippen molar-refractivity contribution in [2.24, 2.45) is 11.3 Å². The van der Waals surface area contributed by atoms with Crippen LogP contribution in [0.25, 0.3) is 0 Å². The maximum atomic E-state index is 14.2. The van der Waals surface area contributed by atoms with Gasteiger partial charge in [-0.15, -0.1) is 0 Å². The third-order valence-electron chi connectivity index (χ3n) is 18.7. The number of ether oxygens (including phenoxy) is 1. The summed E-state index contributed by atoms with van der Waals surface area (Å²) in [5.74, 6) is -0.704. The van der Waals surface area contributed by atoms with E-state index in [0.717, 1.165) is 142 Å². The molecule has 2 heterocycles.